The lowest BCUT2D eigenvalue weighted by atomic mass is 10.2. The van der Waals surface area contributed by atoms with E-state index in [2.05, 4.69) is 26.7 Å². The molecular weight excluding hydrogens is 230 g/mol. The SMILES string of the molecule is COc1cncc(N2CCN(C(C)CN)CC2)n1. The third-order valence-electron chi connectivity index (χ3n) is 3.41. The second kappa shape index (κ2) is 5.97. The summed E-state index contributed by atoms with van der Waals surface area (Å²) in [6.45, 7) is 6.80. The van der Waals surface area contributed by atoms with Gasteiger partial charge in [-0.25, -0.2) is 0 Å². The summed E-state index contributed by atoms with van der Waals surface area (Å²) in [7, 11) is 1.61. The monoisotopic (exact) mass is 251 g/mol. The van der Waals surface area contributed by atoms with Gasteiger partial charge >= 0.3 is 0 Å². The first-order chi connectivity index (χ1) is 8.74. The van der Waals surface area contributed by atoms with Crippen molar-refractivity contribution in [3.8, 4) is 5.88 Å². The first-order valence-corrected chi connectivity index (χ1v) is 6.29. The van der Waals surface area contributed by atoms with Gasteiger partial charge in [0.25, 0.3) is 0 Å². The average molecular weight is 251 g/mol. The Balaban J connectivity index is 1.96. The third kappa shape index (κ3) is 2.88. The summed E-state index contributed by atoms with van der Waals surface area (Å²) in [5.74, 6) is 1.44. The number of piperazine rings is 1. The normalized spacial score (nSPS) is 18.7. The average Bonchev–Trinajstić information content (AvgIpc) is 2.46. The van der Waals surface area contributed by atoms with Gasteiger partial charge in [-0.05, 0) is 6.92 Å². The number of nitrogens with zero attached hydrogens (tertiary/aromatic N) is 4. The Hall–Kier alpha value is -1.40. The summed E-state index contributed by atoms with van der Waals surface area (Å²) in [5, 5.41) is 0. The van der Waals surface area contributed by atoms with Crippen molar-refractivity contribution in [2.45, 2.75) is 13.0 Å². The van der Waals surface area contributed by atoms with Crippen molar-refractivity contribution in [1.82, 2.24) is 14.9 Å². The minimum atomic E-state index is 0.448. The van der Waals surface area contributed by atoms with Crippen molar-refractivity contribution < 1.29 is 4.74 Å². The standard InChI is InChI=1S/C12H21N5O/c1-10(7-13)16-3-5-17(6-4-16)11-8-14-9-12(15-11)18-2/h8-10H,3-7,13H2,1-2H3. The molecule has 0 radical (unpaired) electrons. The van der Waals surface area contributed by atoms with Crippen LogP contribution in [0.3, 0.4) is 0 Å². The van der Waals surface area contributed by atoms with E-state index in [1.807, 2.05) is 0 Å². The minimum Gasteiger partial charge on any atom is -0.480 e. The van der Waals surface area contributed by atoms with Crippen LogP contribution < -0.4 is 15.4 Å². The lowest BCUT2D eigenvalue weighted by molar-refractivity contribution is 0.201. The van der Waals surface area contributed by atoms with Crippen molar-refractivity contribution >= 4 is 5.82 Å². The fourth-order valence-corrected chi connectivity index (χ4v) is 2.13. The predicted molar refractivity (Wildman–Crippen MR) is 70.9 cm³/mol. The topological polar surface area (TPSA) is 67.5 Å². The van der Waals surface area contributed by atoms with Crippen molar-refractivity contribution in [3.63, 3.8) is 0 Å². The summed E-state index contributed by atoms with van der Waals surface area (Å²) in [5.41, 5.74) is 5.69. The van der Waals surface area contributed by atoms with Crippen LogP contribution in [0, 0.1) is 0 Å². The molecule has 0 aliphatic carbocycles. The van der Waals surface area contributed by atoms with E-state index in [4.69, 9.17) is 10.5 Å². The summed E-state index contributed by atoms with van der Waals surface area (Å²) >= 11 is 0. The molecule has 100 valence electrons. The fraction of sp³-hybridized carbons (Fsp3) is 0.667. The Bertz CT molecular complexity index is 378. The van der Waals surface area contributed by atoms with Crippen molar-refractivity contribution in [3.05, 3.63) is 12.4 Å². The van der Waals surface area contributed by atoms with Gasteiger partial charge in [0, 0.05) is 38.8 Å². The highest BCUT2D eigenvalue weighted by Crippen LogP contribution is 2.16. The van der Waals surface area contributed by atoms with E-state index in [1.54, 1.807) is 19.5 Å². The number of aromatic nitrogens is 2. The molecule has 0 aromatic carbocycles. The number of nitrogens with two attached hydrogens (primary N) is 1. The lowest BCUT2D eigenvalue weighted by Crippen LogP contribution is -2.51. The van der Waals surface area contributed by atoms with E-state index in [0.29, 0.717) is 18.5 Å². The number of rotatable bonds is 4. The highest BCUT2D eigenvalue weighted by molar-refractivity contribution is 5.38. The summed E-state index contributed by atoms with van der Waals surface area (Å²) in [6.07, 6.45) is 3.40. The highest BCUT2D eigenvalue weighted by Gasteiger charge is 2.21. The second-order valence-corrected chi connectivity index (χ2v) is 4.53. The molecule has 1 aliphatic heterocycles. The molecule has 6 heteroatoms. The van der Waals surface area contributed by atoms with Gasteiger partial charge in [0.15, 0.2) is 5.82 Å². The molecule has 0 saturated carbocycles. The Morgan fingerprint density at radius 3 is 2.67 bits per heavy atom. The molecule has 1 aliphatic rings. The predicted octanol–water partition coefficient (Wildman–Crippen LogP) is -0.0456. The van der Waals surface area contributed by atoms with E-state index in [1.165, 1.54) is 0 Å². The zero-order valence-electron chi connectivity index (χ0n) is 11.0. The maximum absolute atomic E-state index is 5.69. The zero-order chi connectivity index (χ0) is 13.0. The Labute approximate surface area is 108 Å². The van der Waals surface area contributed by atoms with Crippen molar-refractivity contribution in [1.29, 1.82) is 0 Å². The molecule has 0 spiro atoms. The molecule has 2 heterocycles. The molecule has 1 fully saturated rings. The summed E-state index contributed by atoms with van der Waals surface area (Å²) < 4.78 is 5.10. The van der Waals surface area contributed by atoms with Gasteiger partial charge in [0.05, 0.1) is 19.5 Å². The number of anilines is 1. The molecule has 2 rings (SSSR count). The molecular formula is C12H21N5O. The molecule has 0 bridgehead atoms. The van der Waals surface area contributed by atoms with Gasteiger partial charge in [-0.2, -0.15) is 4.98 Å². The van der Waals surface area contributed by atoms with E-state index in [0.717, 1.165) is 32.0 Å². The van der Waals surface area contributed by atoms with Crippen molar-refractivity contribution in [2.75, 3.05) is 44.7 Å². The minimum absolute atomic E-state index is 0.448. The molecule has 18 heavy (non-hydrogen) atoms. The van der Waals surface area contributed by atoms with Crippen LogP contribution in [0.1, 0.15) is 6.92 Å². The van der Waals surface area contributed by atoms with Gasteiger partial charge in [-0.1, -0.05) is 0 Å². The van der Waals surface area contributed by atoms with Crippen LogP contribution in [-0.2, 0) is 0 Å². The van der Waals surface area contributed by atoms with Crippen molar-refractivity contribution in [2.24, 2.45) is 5.73 Å². The Morgan fingerprint density at radius 1 is 1.33 bits per heavy atom. The maximum Gasteiger partial charge on any atom is 0.233 e. The Morgan fingerprint density at radius 2 is 2.06 bits per heavy atom. The third-order valence-corrected chi connectivity index (χ3v) is 3.41. The maximum atomic E-state index is 5.69. The Kier molecular flexibility index (Phi) is 4.33. The first-order valence-electron chi connectivity index (χ1n) is 6.29. The van der Waals surface area contributed by atoms with Crippen LogP contribution in [0.15, 0.2) is 12.4 Å². The van der Waals surface area contributed by atoms with Gasteiger partial charge in [0.1, 0.15) is 0 Å². The van der Waals surface area contributed by atoms with Crippen LogP contribution in [0.2, 0.25) is 0 Å². The number of hydrogen-bond donors (Lipinski definition) is 1. The first kappa shape index (κ1) is 13.0. The highest BCUT2D eigenvalue weighted by atomic mass is 16.5. The lowest BCUT2D eigenvalue weighted by Gasteiger charge is -2.38. The molecule has 1 aromatic rings. The van der Waals surface area contributed by atoms with Gasteiger partial charge < -0.3 is 15.4 Å². The van der Waals surface area contributed by atoms with Crippen LogP contribution in [0.4, 0.5) is 5.82 Å². The fourth-order valence-electron chi connectivity index (χ4n) is 2.13. The quantitative estimate of drug-likeness (QED) is 0.809. The number of methoxy groups -OCH3 is 1. The van der Waals surface area contributed by atoms with Crippen LogP contribution in [0.5, 0.6) is 5.88 Å². The molecule has 1 atom stereocenters. The van der Waals surface area contributed by atoms with E-state index < -0.39 is 0 Å². The smallest absolute Gasteiger partial charge is 0.233 e. The van der Waals surface area contributed by atoms with Gasteiger partial charge in [-0.15, -0.1) is 0 Å². The molecule has 1 unspecified atom stereocenters. The molecule has 2 N–H and O–H groups in total. The molecule has 1 saturated heterocycles. The number of hydrogen-bond acceptors (Lipinski definition) is 6. The zero-order valence-corrected chi connectivity index (χ0v) is 11.0. The van der Waals surface area contributed by atoms with E-state index in [9.17, 15) is 0 Å². The van der Waals surface area contributed by atoms with E-state index >= 15 is 0 Å². The van der Waals surface area contributed by atoms with Gasteiger partial charge in [-0.3, -0.25) is 9.88 Å². The molecule has 0 amide bonds. The largest absolute Gasteiger partial charge is 0.480 e. The van der Waals surface area contributed by atoms with Crippen LogP contribution >= 0.6 is 0 Å². The van der Waals surface area contributed by atoms with Crippen LogP contribution in [0.25, 0.3) is 0 Å². The molecule has 1 aromatic heterocycles. The summed E-state index contributed by atoms with van der Waals surface area (Å²) in [6, 6.07) is 0.448. The summed E-state index contributed by atoms with van der Waals surface area (Å²) in [4.78, 5) is 13.2. The van der Waals surface area contributed by atoms with Crippen LogP contribution in [-0.4, -0.2) is 60.7 Å². The van der Waals surface area contributed by atoms with Gasteiger partial charge in [0.2, 0.25) is 5.88 Å². The van der Waals surface area contributed by atoms with E-state index in [-0.39, 0.29) is 0 Å². The molecule has 6 nitrogen and oxygen atoms in total. The second-order valence-electron chi connectivity index (χ2n) is 4.53. The number of ether oxygens (including phenoxy) is 1.